The molecule has 4 aromatic rings. The summed E-state index contributed by atoms with van der Waals surface area (Å²) in [6.07, 6.45) is 5.16. The zero-order chi connectivity index (χ0) is 22.2. The van der Waals surface area contributed by atoms with Crippen molar-refractivity contribution in [1.29, 1.82) is 0 Å². The Labute approximate surface area is 197 Å². The van der Waals surface area contributed by atoms with Gasteiger partial charge in [-0.2, -0.15) is 0 Å². The second-order valence-electron chi connectivity index (χ2n) is 7.56. The van der Waals surface area contributed by atoms with E-state index in [1.54, 1.807) is 24.2 Å². The highest BCUT2D eigenvalue weighted by atomic mass is 32.2. The van der Waals surface area contributed by atoms with Crippen LogP contribution in [0.3, 0.4) is 0 Å². The summed E-state index contributed by atoms with van der Waals surface area (Å²) in [7, 11) is 0. The molecule has 1 heterocycles. The number of hydrogen-bond donors (Lipinski definition) is 1. The minimum Gasteiger partial charge on any atom is -0.295 e. The number of fused-ring (bicyclic) bond motifs is 1. The number of nitrogens with one attached hydrogen (secondary N) is 1. The standard InChI is InChI=1S/C26H25N3OS2/c1-19-9-13-23(14-10-19)32-29-25(30)24(8-4-17-31-26-27-15-5-16-28-26)22-12-11-20-6-2-3-7-21(20)18-22/h2-3,5-7,9-16,18,24H,4,8,17H2,1H3,(H,29,30). The van der Waals surface area contributed by atoms with Gasteiger partial charge >= 0.3 is 0 Å². The van der Waals surface area contributed by atoms with Crippen molar-refractivity contribution in [3.8, 4) is 0 Å². The molecule has 162 valence electrons. The normalized spacial score (nSPS) is 11.9. The molecule has 1 unspecified atom stereocenters. The van der Waals surface area contributed by atoms with Gasteiger partial charge in [0.15, 0.2) is 5.16 Å². The van der Waals surface area contributed by atoms with Gasteiger partial charge in [0.25, 0.3) is 0 Å². The topological polar surface area (TPSA) is 54.9 Å². The van der Waals surface area contributed by atoms with Gasteiger partial charge < -0.3 is 0 Å². The Bertz CT molecular complexity index is 1170. The van der Waals surface area contributed by atoms with Crippen LogP contribution in [0, 0.1) is 6.92 Å². The highest BCUT2D eigenvalue weighted by molar-refractivity contribution is 7.99. The molecule has 0 radical (unpaired) electrons. The van der Waals surface area contributed by atoms with Crippen molar-refractivity contribution in [2.75, 3.05) is 5.75 Å². The van der Waals surface area contributed by atoms with Crippen LogP contribution in [-0.2, 0) is 4.79 Å². The molecule has 32 heavy (non-hydrogen) atoms. The smallest absolute Gasteiger partial charge is 0.237 e. The van der Waals surface area contributed by atoms with Gasteiger partial charge in [-0.25, -0.2) is 9.97 Å². The van der Waals surface area contributed by atoms with E-state index in [0.29, 0.717) is 0 Å². The van der Waals surface area contributed by atoms with Crippen LogP contribution in [0.1, 0.15) is 29.9 Å². The quantitative estimate of drug-likeness (QED) is 0.135. The maximum Gasteiger partial charge on any atom is 0.237 e. The van der Waals surface area contributed by atoms with E-state index in [1.807, 2.05) is 30.3 Å². The van der Waals surface area contributed by atoms with Gasteiger partial charge in [-0.1, -0.05) is 71.9 Å². The molecule has 1 atom stereocenters. The lowest BCUT2D eigenvalue weighted by Crippen LogP contribution is -2.24. The predicted molar refractivity (Wildman–Crippen MR) is 134 cm³/mol. The molecular weight excluding hydrogens is 434 g/mol. The Hall–Kier alpha value is -2.83. The molecule has 0 saturated carbocycles. The van der Waals surface area contributed by atoms with Gasteiger partial charge in [-0.05, 0) is 66.2 Å². The number of carbonyl (C=O) groups is 1. The summed E-state index contributed by atoms with van der Waals surface area (Å²) < 4.78 is 3.07. The summed E-state index contributed by atoms with van der Waals surface area (Å²) in [6.45, 7) is 2.06. The monoisotopic (exact) mass is 459 g/mol. The van der Waals surface area contributed by atoms with Crippen LogP contribution in [-0.4, -0.2) is 21.6 Å². The number of aryl methyl sites for hydroxylation is 1. The molecule has 3 aromatic carbocycles. The number of rotatable bonds is 9. The Morgan fingerprint density at radius 3 is 2.47 bits per heavy atom. The molecule has 0 saturated heterocycles. The number of aromatic nitrogens is 2. The van der Waals surface area contributed by atoms with Crippen molar-refractivity contribution in [1.82, 2.24) is 14.7 Å². The van der Waals surface area contributed by atoms with Crippen LogP contribution in [0.4, 0.5) is 0 Å². The zero-order valence-electron chi connectivity index (χ0n) is 17.9. The van der Waals surface area contributed by atoms with E-state index in [-0.39, 0.29) is 11.8 Å². The average molecular weight is 460 g/mol. The van der Waals surface area contributed by atoms with Crippen molar-refractivity contribution in [3.63, 3.8) is 0 Å². The molecule has 0 spiro atoms. The highest BCUT2D eigenvalue weighted by Crippen LogP contribution is 2.28. The summed E-state index contributed by atoms with van der Waals surface area (Å²) in [4.78, 5) is 22.8. The van der Waals surface area contributed by atoms with E-state index in [1.165, 1.54) is 22.9 Å². The summed E-state index contributed by atoms with van der Waals surface area (Å²) in [5, 5.41) is 3.11. The van der Waals surface area contributed by atoms with E-state index < -0.39 is 0 Å². The maximum absolute atomic E-state index is 13.2. The molecule has 0 fully saturated rings. The Morgan fingerprint density at radius 1 is 0.938 bits per heavy atom. The molecule has 1 N–H and O–H groups in total. The molecule has 0 bridgehead atoms. The first-order chi connectivity index (χ1) is 15.7. The van der Waals surface area contributed by atoms with Crippen LogP contribution >= 0.6 is 23.7 Å². The molecule has 1 aromatic heterocycles. The van der Waals surface area contributed by atoms with Crippen molar-refractivity contribution in [2.24, 2.45) is 0 Å². The fourth-order valence-electron chi connectivity index (χ4n) is 3.47. The van der Waals surface area contributed by atoms with E-state index in [4.69, 9.17) is 0 Å². The first-order valence-corrected chi connectivity index (χ1v) is 12.4. The van der Waals surface area contributed by atoms with Gasteiger partial charge in [-0.15, -0.1) is 0 Å². The first-order valence-electron chi connectivity index (χ1n) is 10.6. The van der Waals surface area contributed by atoms with Gasteiger partial charge in [0.2, 0.25) is 5.91 Å². The lowest BCUT2D eigenvalue weighted by Gasteiger charge is -2.17. The second kappa shape index (κ2) is 11.2. The van der Waals surface area contributed by atoms with E-state index >= 15 is 0 Å². The van der Waals surface area contributed by atoms with Gasteiger partial charge in [0.1, 0.15) is 0 Å². The van der Waals surface area contributed by atoms with E-state index in [0.717, 1.165) is 39.6 Å². The number of carbonyl (C=O) groups excluding carboxylic acids is 1. The minimum absolute atomic E-state index is 0.0341. The summed E-state index contributed by atoms with van der Waals surface area (Å²) in [5.41, 5.74) is 2.25. The summed E-state index contributed by atoms with van der Waals surface area (Å²) >= 11 is 3.00. The molecule has 0 aliphatic carbocycles. The molecule has 4 nitrogen and oxygen atoms in total. The minimum atomic E-state index is -0.213. The Kier molecular flexibility index (Phi) is 7.80. The third-order valence-corrected chi connectivity index (χ3v) is 6.97. The third-order valence-electron chi connectivity index (χ3n) is 5.19. The molecule has 0 aliphatic rings. The molecule has 1 amide bonds. The predicted octanol–water partition coefficient (Wildman–Crippen LogP) is 6.42. The van der Waals surface area contributed by atoms with Gasteiger partial charge in [0, 0.05) is 23.0 Å². The molecule has 0 aliphatic heterocycles. The number of nitrogens with zero attached hydrogens (tertiary/aromatic N) is 2. The molecule has 4 rings (SSSR count). The first kappa shape index (κ1) is 22.4. The highest BCUT2D eigenvalue weighted by Gasteiger charge is 2.21. The fourth-order valence-corrected chi connectivity index (χ4v) is 4.87. The average Bonchev–Trinajstić information content (AvgIpc) is 2.84. The summed E-state index contributed by atoms with van der Waals surface area (Å²) in [6, 6.07) is 24.6. The Morgan fingerprint density at radius 2 is 1.69 bits per heavy atom. The Balaban J connectivity index is 1.45. The van der Waals surface area contributed by atoms with E-state index in [2.05, 4.69) is 64.1 Å². The molecule has 6 heteroatoms. The largest absolute Gasteiger partial charge is 0.295 e. The summed E-state index contributed by atoms with van der Waals surface area (Å²) in [5.74, 6) is 0.689. The number of thioether (sulfide) groups is 1. The van der Waals surface area contributed by atoms with Crippen molar-refractivity contribution >= 4 is 40.4 Å². The van der Waals surface area contributed by atoms with Gasteiger partial charge in [0.05, 0.1) is 5.92 Å². The fraction of sp³-hybridized carbons (Fsp3) is 0.192. The van der Waals surface area contributed by atoms with Crippen molar-refractivity contribution < 1.29 is 4.79 Å². The van der Waals surface area contributed by atoms with Crippen LogP contribution in [0.2, 0.25) is 0 Å². The zero-order valence-corrected chi connectivity index (χ0v) is 19.5. The van der Waals surface area contributed by atoms with Gasteiger partial charge in [-0.3, -0.25) is 9.52 Å². The number of amides is 1. The number of hydrogen-bond acceptors (Lipinski definition) is 5. The van der Waals surface area contributed by atoms with Crippen LogP contribution in [0.15, 0.2) is 95.2 Å². The van der Waals surface area contributed by atoms with Crippen molar-refractivity contribution in [3.05, 3.63) is 96.3 Å². The SMILES string of the molecule is Cc1ccc(SNC(=O)C(CCCSc2ncccn2)c2ccc3ccccc3c2)cc1. The van der Waals surface area contributed by atoms with Crippen LogP contribution in [0.25, 0.3) is 10.8 Å². The molecular formula is C26H25N3OS2. The van der Waals surface area contributed by atoms with Crippen LogP contribution < -0.4 is 4.72 Å². The van der Waals surface area contributed by atoms with E-state index in [9.17, 15) is 4.79 Å². The lowest BCUT2D eigenvalue weighted by atomic mass is 9.92. The van der Waals surface area contributed by atoms with Crippen molar-refractivity contribution in [2.45, 2.75) is 35.7 Å². The number of benzene rings is 3. The third kappa shape index (κ3) is 6.11. The second-order valence-corrected chi connectivity index (χ2v) is 9.50. The maximum atomic E-state index is 13.2. The van der Waals surface area contributed by atoms with Crippen LogP contribution in [0.5, 0.6) is 0 Å². The lowest BCUT2D eigenvalue weighted by molar-refractivity contribution is -0.120.